The molecule has 20 nitrogen and oxygen atoms in total. The van der Waals surface area contributed by atoms with Crippen LogP contribution in [-0.4, -0.2) is 190 Å². The van der Waals surface area contributed by atoms with Gasteiger partial charge in [-0.25, -0.2) is 41.9 Å². The number of Topliss-reactive ketones (excluding diaryl/α,β-unsaturated/α-hetero) is 4. The van der Waals surface area contributed by atoms with Crippen LogP contribution in [0.5, 0.6) is 0 Å². The lowest BCUT2D eigenvalue weighted by Crippen LogP contribution is -2.64. The van der Waals surface area contributed by atoms with Crippen molar-refractivity contribution in [3.8, 4) is 0 Å². The quantitative estimate of drug-likeness (QED) is 0.0959. The number of carbonyl (C=O) groups is 4. The maximum Gasteiger partial charge on any atom is 0.290 e. The van der Waals surface area contributed by atoms with Crippen LogP contribution in [0.25, 0.3) is 0 Å². The zero-order chi connectivity index (χ0) is 77.3. The molecule has 4 aromatic rings. The number of piperidine rings is 4. The lowest BCUT2D eigenvalue weighted by atomic mass is 10.0. The first-order valence-electron chi connectivity index (χ1n) is 38.9. The Morgan fingerprint density at radius 3 is 0.716 bits per heavy atom. The van der Waals surface area contributed by atoms with Crippen LogP contribution in [0, 0.1) is 71.0 Å². The molecular formula is C76H91F13N16O4. The zero-order valence-corrected chi connectivity index (χ0v) is 62.1. The first kappa shape index (κ1) is 74.2. The van der Waals surface area contributed by atoms with Crippen molar-refractivity contribution in [3.63, 3.8) is 0 Å². The van der Waals surface area contributed by atoms with Crippen molar-refractivity contribution in [3.05, 3.63) is 45.0 Å². The molecule has 590 valence electrons. The predicted molar refractivity (Wildman–Crippen MR) is 376 cm³/mol. The number of rotatable bonds is 16. The van der Waals surface area contributed by atoms with Crippen molar-refractivity contribution in [2.45, 2.75) is 205 Å². The number of anilines is 8. The van der Waals surface area contributed by atoms with E-state index < -0.39 is 78.8 Å². The smallest absolute Gasteiger partial charge is 0.290 e. The van der Waals surface area contributed by atoms with Gasteiger partial charge >= 0.3 is 0 Å². The van der Waals surface area contributed by atoms with Gasteiger partial charge in [0.2, 0.25) is 23.8 Å². The molecule has 16 aliphatic rings. The van der Waals surface area contributed by atoms with Crippen LogP contribution in [0.15, 0.2) is 0 Å². The third-order valence-corrected chi connectivity index (χ3v) is 27.5. The van der Waals surface area contributed by atoms with Gasteiger partial charge in [0.05, 0.1) is 50.3 Å². The fourth-order valence-electron chi connectivity index (χ4n) is 20.3. The van der Waals surface area contributed by atoms with Crippen LogP contribution in [0.1, 0.15) is 152 Å². The highest BCUT2D eigenvalue weighted by Gasteiger charge is 2.62. The van der Waals surface area contributed by atoms with E-state index in [1.165, 1.54) is 11.8 Å². The molecule has 33 heteroatoms. The van der Waals surface area contributed by atoms with Crippen LogP contribution in [-0.2, 0) is 68.6 Å². The molecule has 0 aromatic carbocycles. The second kappa shape index (κ2) is 26.0. The summed E-state index contributed by atoms with van der Waals surface area (Å²) in [6.45, 7) is 18.7. The van der Waals surface area contributed by atoms with E-state index in [1.54, 1.807) is 63.2 Å². The molecule has 8 unspecified atom stereocenters. The van der Waals surface area contributed by atoms with E-state index >= 15 is 0 Å². The molecule has 19 atom stereocenters. The monoisotopic (exact) mass is 1540 g/mol. The molecular weight excluding hydrogens is 1450 g/mol. The maximum atomic E-state index is 14.4. The summed E-state index contributed by atoms with van der Waals surface area (Å²) in [5.41, 5.74) is 1.21. The van der Waals surface area contributed by atoms with Crippen molar-refractivity contribution in [2.24, 2.45) is 71.0 Å². The molecule has 0 N–H and O–H groups in total. The van der Waals surface area contributed by atoms with E-state index in [0.29, 0.717) is 155 Å². The molecule has 4 aromatic heterocycles. The van der Waals surface area contributed by atoms with Crippen molar-refractivity contribution in [1.29, 1.82) is 0 Å². The number of fused-ring (bicyclic) bond motifs is 8. The Kier molecular flexibility index (Phi) is 17.7. The molecule has 12 heterocycles. The first-order valence-corrected chi connectivity index (χ1v) is 38.9. The lowest BCUT2D eigenvalue weighted by Gasteiger charge is -2.46. The van der Waals surface area contributed by atoms with Crippen molar-refractivity contribution in [1.82, 2.24) is 39.9 Å². The molecule has 8 aliphatic heterocycles. The van der Waals surface area contributed by atoms with Gasteiger partial charge in [0.15, 0.2) is 0 Å². The van der Waals surface area contributed by atoms with Crippen molar-refractivity contribution < 1.29 is 76.3 Å². The highest BCUT2D eigenvalue weighted by molar-refractivity contribution is 5.78. The third-order valence-electron chi connectivity index (χ3n) is 27.5. The molecule has 4 saturated carbocycles. The van der Waals surface area contributed by atoms with Crippen molar-refractivity contribution >= 4 is 70.2 Å². The zero-order valence-electron chi connectivity index (χ0n) is 62.1. The van der Waals surface area contributed by atoms with E-state index in [2.05, 4.69) is 54.6 Å². The molecule has 109 heavy (non-hydrogen) atoms. The van der Waals surface area contributed by atoms with Gasteiger partial charge in [-0.15, -0.1) is 0 Å². The van der Waals surface area contributed by atoms with Gasteiger partial charge in [-0.2, -0.15) is 55.1 Å². The van der Waals surface area contributed by atoms with Crippen LogP contribution in [0.2, 0.25) is 0 Å². The van der Waals surface area contributed by atoms with Gasteiger partial charge in [-0.3, -0.25) is 0 Å². The Hall–Kier alpha value is -7.51. The number of alkyl halides is 13. The fraction of sp³-hybridized carbons (Fsp3) is 0.737. The summed E-state index contributed by atoms with van der Waals surface area (Å²) in [4.78, 5) is 94.8. The second-order valence-corrected chi connectivity index (χ2v) is 34.5. The van der Waals surface area contributed by atoms with Crippen LogP contribution in [0.3, 0.4) is 0 Å². The number of hydrogen-bond acceptors (Lipinski definition) is 20. The van der Waals surface area contributed by atoms with Gasteiger partial charge in [-0.1, -0.05) is 0 Å². The van der Waals surface area contributed by atoms with Gasteiger partial charge < -0.3 is 58.4 Å². The van der Waals surface area contributed by atoms with Gasteiger partial charge in [0.25, 0.3) is 29.6 Å². The molecule has 20 rings (SSSR count). The Morgan fingerprint density at radius 2 is 0.541 bits per heavy atom. The van der Waals surface area contributed by atoms with E-state index in [-0.39, 0.29) is 141 Å². The van der Waals surface area contributed by atoms with Crippen LogP contribution in [0.4, 0.5) is 104 Å². The fourth-order valence-corrected chi connectivity index (χ4v) is 20.3. The minimum atomic E-state index is -3.06. The number of ketones is 4. The minimum absolute atomic E-state index is 0.0328. The first-order chi connectivity index (χ1) is 51.4. The molecule has 0 amide bonds. The lowest BCUT2D eigenvalue weighted by molar-refractivity contribution is -0.118. The highest BCUT2D eigenvalue weighted by Crippen LogP contribution is 2.61. The minimum Gasteiger partial charge on any atom is -0.356 e. The van der Waals surface area contributed by atoms with Crippen molar-refractivity contribution in [2.75, 3.05) is 118 Å². The standard InChI is InChI=1S/C19H22F4N4O.3C19H23F3N4O/c1-9(28)5-12-13-6-26(7-14(12)13)16-11-3-4-18(20,21)15(11)24-17(25-16)27-8-19(22,23)10(27)2;3*1-9(27)5-12-13-6-25(7-14(12)13)17-11-3-4-19(21,22)16(11)23-18(24-17)26-8-15(20)10(26)2/h10,12-14H,3-8H2,1-2H3;3*10,12-15H,3-8H2,1-2H3/t10-,12?,13-,14+;10?,12?,13-,14+,15?;2*10-,12?,13-,14+,15?/m1.10/s1. The predicted octanol–water partition coefficient (Wildman–Crippen LogP) is 11.2. The summed E-state index contributed by atoms with van der Waals surface area (Å²) in [5, 5.41) is 0. The molecule has 0 bridgehead atoms. The molecule has 12 fully saturated rings. The van der Waals surface area contributed by atoms with E-state index in [1.807, 2.05) is 4.90 Å². The molecule has 8 saturated heterocycles. The summed E-state index contributed by atoms with van der Waals surface area (Å²) in [6, 6.07) is -2.28. The second-order valence-electron chi connectivity index (χ2n) is 34.5. The third kappa shape index (κ3) is 12.8. The Bertz CT molecular complexity index is 4020. The number of halogens is 13. The SMILES string of the molecule is CC(=O)CC1[C@H]2CN(c3nc(N4CC(F)(F)[C@H]4C)nc4c3CCC4(F)F)C[C@@H]12.CC(=O)CC1[C@H]2CN(c3nc(N4CC(F)C4C)nc4c3CCC4(F)F)C[C@@H]12.CC(=O)CC1[C@H]2CN(c3nc(N4CC(F)[C@@H]4C)nc4c3CCC4(F)F)C[C@@H]12.CC(=O)CC1[C@H]2CN(c3nc(N4CC(F)[C@H]4C)nc4c3CCC4(F)F)C[C@@H]12. The molecule has 0 spiro atoms. The topological polar surface area (TPSA) is 197 Å². The van der Waals surface area contributed by atoms with Crippen LogP contribution >= 0.6 is 0 Å². The van der Waals surface area contributed by atoms with E-state index in [9.17, 15) is 76.3 Å². The van der Waals surface area contributed by atoms with E-state index in [4.69, 9.17) is 0 Å². The average Bonchev–Trinajstić information content (AvgIpc) is 1.59. The van der Waals surface area contributed by atoms with Gasteiger partial charge in [0.1, 0.15) is 87.7 Å². The summed E-state index contributed by atoms with van der Waals surface area (Å²) < 4.78 is 183. The maximum absolute atomic E-state index is 14.4. The summed E-state index contributed by atoms with van der Waals surface area (Å²) in [6.07, 6.45) is -0.618. The Morgan fingerprint density at radius 1 is 0.330 bits per heavy atom. The van der Waals surface area contributed by atoms with Gasteiger partial charge in [0, 0.05) is 126 Å². The number of aromatic nitrogens is 8. The van der Waals surface area contributed by atoms with Crippen LogP contribution < -0.4 is 39.2 Å². The summed E-state index contributed by atoms with van der Waals surface area (Å²) in [5.74, 6) is -6.03. The summed E-state index contributed by atoms with van der Waals surface area (Å²) in [7, 11) is 0. The Labute approximate surface area is 622 Å². The Balaban J connectivity index is 0.000000106. The molecule has 8 aliphatic carbocycles. The molecule has 0 radical (unpaired) electrons. The number of nitrogens with zero attached hydrogens (tertiary/aromatic N) is 16. The number of hydrogen-bond donors (Lipinski definition) is 0. The normalized spacial score (nSPS) is 35.3. The van der Waals surface area contributed by atoms with E-state index in [0.717, 1.165) is 39.3 Å². The number of carbonyl (C=O) groups excluding carboxylic acids is 4. The largest absolute Gasteiger partial charge is 0.356 e. The highest BCUT2D eigenvalue weighted by atomic mass is 19.3. The average molecular weight is 1540 g/mol. The summed E-state index contributed by atoms with van der Waals surface area (Å²) >= 11 is 0. The van der Waals surface area contributed by atoms with Gasteiger partial charge in [-0.05, 0) is 152 Å².